The van der Waals surface area contributed by atoms with Gasteiger partial charge in [0, 0.05) is 0 Å². The van der Waals surface area contributed by atoms with E-state index in [9.17, 15) is 0 Å². The number of methoxy groups -OCH3 is 1. The molecule has 0 N–H and O–H groups in total. The second kappa shape index (κ2) is 2.73. The highest BCUT2D eigenvalue weighted by Crippen LogP contribution is 2.23. The van der Waals surface area contributed by atoms with E-state index in [2.05, 4.69) is 5.16 Å². The molecule has 0 radical (unpaired) electrons. The Hall–Kier alpha value is -1.71. The summed E-state index contributed by atoms with van der Waals surface area (Å²) in [7, 11) is 1.57. The minimum absolute atomic E-state index is 0.387. The van der Waals surface area contributed by atoms with Crippen LogP contribution in [0.1, 0.15) is 5.56 Å². The summed E-state index contributed by atoms with van der Waals surface area (Å²) >= 11 is 0. The van der Waals surface area contributed by atoms with Gasteiger partial charge in [0.1, 0.15) is 6.26 Å². The van der Waals surface area contributed by atoms with Crippen LogP contribution in [0.25, 0.3) is 6.08 Å². The monoisotopic (exact) mass is 165 g/mol. The molecule has 4 heteroatoms. The van der Waals surface area contributed by atoms with E-state index in [-0.39, 0.29) is 0 Å². The van der Waals surface area contributed by atoms with E-state index in [0.29, 0.717) is 11.7 Å². The number of ether oxygens (including phenoxy) is 2. The first-order valence-electron chi connectivity index (χ1n) is 3.44. The van der Waals surface area contributed by atoms with Gasteiger partial charge in [0.15, 0.2) is 5.76 Å². The van der Waals surface area contributed by atoms with Gasteiger partial charge < -0.3 is 14.0 Å². The summed E-state index contributed by atoms with van der Waals surface area (Å²) in [6.07, 6.45) is 6.64. The van der Waals surface area contributed by atoms with Crippen molar-refractivity contribution in [1.29, 1.82) is 0 Å². The van der Waals surface area contributed by atoms with Crippen molar-refractivity contribution in [2.24, 2.45) is 0 Å². The van der Waals surface area contributed by atoms with Crippen LogP contribution in [0.3, 0.4) is 0 Å². The fourth-order valence-electron chi connectivity index (χ4n) is 0.876. The van der Waals surface area contributed by atoms with E-state index >= 15 is 0 Å². The topological polar surface area (TPSA) is 44.5 Å². The predicted molar refractivity (Wildman–Crippen MR) is 41.3 cm³/mol. The second-order valence-corrected chi connectivity index (χ2v) is 2.24. The van der Waals surface area contributed by atoms with Crippen molar-refractivity contribution in [3.05, 3.63) is 29.9 Å². The molecule has 2 rings (SSSR count). The van der Waals surface area contributed by atoms with Gasteiger partial charge in [-0.25, -0.2) is 0 Å². The first-order chi connectivity index (χ1) is 5.90. The molecule has 1 aliphatic heterocycles. The zero-order chi connectivity index (χ0) is 8.39. The lowest BCUT2D eigenvalue weighted by Gasteiger charge is -1.96. The molecule has 0 amide bonds. The Morgan fingerprint density at radius 2 is 2.33 bits per heavy atom. The first-order valence-corrected chi connectivity index (χ1v) is 3.44. The highest BCUT2D eigenvalue weighted by atomic mass is 16.6. The van der Waals surface area contributed by atoms with Gasteiger partial charge in [0.05, 0.1) is 18.9 Å². The van der Waals surface area contributed by atoms with Crippen LogP contribution in [0.2, 0.25) is 0 Å². The maximum Gasteiger partial charge on any atom is 0.323 e. The summed E-state index contributed by atoms with van der Waals surface area (Å²) in [5.74, 6) is 1.03. The summed E-state index contributed by atoms with van der Waals surface area (Å²) in [5.41, 5.74) is 0.804. The Balaban J connectivity index is 2.34. The van der Waals surface area contributed by atoms with Crippen molar-refractivity contribution in [2.45, 2.75) is 0 Å². The van der Waals surface area contributed by atoms with Crippen LogP contribution in [-0.4, -0.2) is 12.3 Å². The smallest absolute Gasteiger partial charge is 0.323 e. The predicted octanol–water partition coefficient (Wildman–Crippen LogP) is 1.57. The molecular weight excluding hydrogens is 158 g/mol. The average molecular weight is 165 g/mol. The summed E-state index contributed by atoms with van der Waals surface area (Å²) in [5, 5.41) is 3.58. The minimum Gasteiger partial charge on any atom is -0.494 e. The molecule has 1 aromatic rings. The highest BCUT2D eigenvalue weighted by Gasteiger charge is 2.08. The summed E-state index contributed by atoms with van der Waals surface area (Å²) in [4.78, 5) is 0. The molecular formula is C8H7NO3. The third-order valence-electron chi connectivity index (χ3n) is 1.51. The lowest BCUT2D eigenvalue weighted by atomic mass is 10.3. The largest absolute Gasteiger partial charge is 0.494 e. The Labute approximate surface area is 69.1 Å². The van der Waals surface area contributed by atoms with Gasteiger partial charge in [0.2, 0.25) is 0 Å². The van der Waals surface area contributed by atoms with E-state index in [1.807, 2.05) is 6.08 Å². The van der Waals surface area contributed by atoms with Gasteiger partial charge in [-0.2, -0.15) is 0 Å². The molecule has 0 atom stereocenters. The fraction of sp³-hybridized carbons (Fsp3) is 0.125. The van der Waals surface area contributed by atoms with Crippen LogP contribution >= 0.6 is 0 Å². The van der Waals surface area contributed by atoms with Crippen LogP contribution in [-0.2, 0) is 4.74 Å². The zero-order valence-electron chi connectivity index (χ0n) is 6.48. The Morgan fingerprint density at radius 3 is 3.17 bits per heavy atom. The molecule has 0 unspecified atom stereocenters. The van der Waals surface area contributed by atoms with Gasteiger partial charge in [-0.15, -0.1) is 0 Å². The molecule has 0 saturated carbocycles. The molecule has 2 heterocycles. The van der Waals surface area contributed by atoms with E-state index < -0.39 is 0 Å². The average Bonchev–Trinajstić information content (AvgIpc) is 2.46. The first kappa shape index (κ1) is 6.97. The lowest BCUT2D eigenvalue weighted by molar-refractivity contribution is 0.257. The number of allylic oxidation sites excluding steroid dienone is 1. The SMILES string of the molecule is COC1=COc2oncc2C=C1. The summed E-state index contributed by atoms with van der Waals surface area (Å²) in [6, 6.07) is 0. The van der Waals surface area contributed by atoms with Crippen molar-refractivity contribution in [1.82, 2.24) is 5.16 Å². The van der Waals surface area contributed by atoms with Crippen LogP contribution in [0, 0.1) is 0 Å². The van der Waals surface area contributed by atoms with Gasteiger partial charge in [-0.1, -0.05) is 5.16 Å². The number of hydrogen-bond donors (Lipinski definition) is 0. The second-order valence-electron chi connectivity index (χ2n) is 2.24. The molecule has 0 saturated heterocycles. The number of nitrogens with zero attached hydrogens (tertiary/aromatic N) is 1. The van der Waals surface area contributed by atoms with E-state index in [1.54, 1.807) is 19.4 Å². The number of rotatable bonds is 1. The molecule has 0 aliphatic carbocycles. The Morgan fingerprint density at radius 1 is 1.42 bits per heavy atom. The van der Waals surface area contributed by atoms with E-state index in [1.165, 1.54) is 6.26 Å². The Bertz CT molecular complexity index is 338. The number of hydrogen-bond acceptors (Lipinski definition) is 4. The quantitative estimate of drug-likeness (QED) is 0.633. The van der Waals surface area contributed by atoms with Gasteiger partial charge >= 0.3 is 5.95 Å². The van der Waals surface area contributed by atoms with Crippen LogP contribution in [0.15, 0.2) is 28.8 Å². The highest BCUT2D eigenvalue weighted by molar-refractivity contribution is 5.56. The summed E-state index contributed by atoms with van der Waals surface area (Å²) in [6.45, 7) is 0. The van der Waals surface area contributed by atoms with Gasteiger partial charge in [0.25, 0.3) is 0 Å². The van der Waals surface area contributed by atoms with Gasteiger partial charge in [-0.3, -0.25) is 0 Å². The van der Waals surface area contributed by atoms with Crippen molar-refractivity contribution in [3.8, 4) is 5.95 Å². The van der Waals surface area contributed by atoms with Crippen LogP contribution in [0.4, 0.5) is 0 Å². The molecule has 0 bridgehead atoms. The van der Waals surface area contributed by atoms with Crippen LogP contribution in [0.5, 0.6) is 5.95 Å². The fourth-order valence-corrected chi connectivity index (χ4v) is 0.876. The molecule has 0 spiro atoms. The maximum absolute atomic E-state index is 5.11. The molecule has 0 fully saturated rings. The Kier molecular flexibility index (Phi) is 1.59. The normalized spacial score (nSPS) is 14.2. The van der Waals surface area contributed by atoms with E-state index in [4.69, 9.17) is 14.0 Å². The maximum atomic E-state index is 5.11. The standard InChI is InChI=1S/C8H7NO3/c1-10-7-3-2-6-4-9-12-8(6)11-5-7/h2-5H,1H3. The molecule has 12 heavy (non-hydrogen) atoms. The van der Waals surface area contributed by atoms with Crippen molar-refractivity contribution >= 4 is 6.08 Å². The van der Waals surface area contributed by atoms with Crippen molar-refractivity contribution < 1.29 is 14.0 Å². The van der Waals surface area contributed by atoms with Crippen molar-refractivity contribution in [2.75, 3.05) is 7.11 Å². The van der Waals surface area contributed by atoms with E-state index in [0.717, 1.165) is 5.56 Å². The lowest BCUT2D eigenvalue weighted by Crippen LogP contribution is -1.85. The molecule has 1 aromatic heterocycles. The number of fused-ring (bicyclic) bond motifs is 1. The van der Waals surface area contributed by atoms with Crippen LogP contribution < -0.4 is 4.74 Å². The molecule has 1 aliphatic rings. The third kappa shape index (κ3) is 1.07. The van der Waals surface area contributed by atoms with Crippen molar-refractivity contribution in [3.63, 3.8) is 0 Å². The van der Waals surface area contributed by atoms with Gasteiger partial charge in [-0.05, 0) is 12.2 Å². The molecule has 0 aromatic carbocycles. The summed E-state index contributed by atoms with van der Waals surface area (Å²) < 4.78 is 14.9. The number of aromatic nitrogens is 1. The third-order valence-corrected chi connectivity index (χ3v) is 1.51. The molecule has 4 nitrogen and oxygen atoms in total. The molecule has 62 valence electrons. The zero-order valence-corrected chi connectivity index (χ0v) is 6.48. The minimum atomic E-state index is 0.387.